The molecular weight excluding hydrogens is 264 g/mol. The van der Waals surface area contributed by atoms with E-state index in [0.717, 1.165) is 23.4 Å². The van der Waals surface area contributed by atoms with Gasteiger partial charge in [0.25, 0.3) is 0 Å². The Hall–Kier alpha value is -1.91. The van der Waals surface area contributed by atoms with Crippen molar-refractivity contribution in [2.45, 2.75) is 32.1 Å². The van der Waals surface area contributed by atoms with Crippen LogP contribution in [0.1, 0.15) is 30.7 Å². The predicted octanol–water partition coefficient (Wildman–Crippen LogP) is 3.09. The average Bonchev–Trinajstić information content (AvgIpc) is 2.56. The SMILES string of the molecule is CCC(N)C(OCc1cccc(OC)c1)c1ccccn1. The van der Waals surface area contributed by atoms with E-state index in [0.29, 0.717) is 6.61 Å². The topological polar surface area (TPSA) is 57.4 Å². The first-order valence-corrected chi connectivity index (χ1v) is 7.15. The lowest BCUT2D eigenvalue weighted by Crippen LogP contribution is -2.30. The second-order valence-electron chi connectivity index (χ2n) is 4.91. The van der Waals surface area contributed by atoms with Crippen LogP contribution in [0.2, 0.25) is 0 Å². The minimum Gasteiger partial charge on any atom is -0.497 e. The molecule has 2 aromatic rings. The zero-order valence-corrected chi connectivity index (χ0v) is 12.5. The zero-order valence-electron chi connectivity index (χ0n) is 12.5. The molecule has 0 saturated carbocycles. The summed E-state index contributed by atoms with van der Waals surface area (Å²) in [5.41, 5.74) is 8.10. The third kappa shape index (κ3) is 4.28. The zero-order chi connectivity index (χ0) is 15.1. The van der Waals surface area contributed by atoms with Crippen molar-refractivity contribution in [2.75, 3.05) is 7.11 Å². The quantitative estimate of drug-likeness (QED) is 0.849. The van der Waals surface area contributed by atoms with Crippen LogP contribution in [0.25, 0.3) is 0 Å². The number of hydrogen-bond acceptors (Lipinski definition) is 4. The molecule has 0 spiro atoms. The predicted molar refractivity (Wildman–Crippen MR) is 83.0 cm³/mol. The van der Waals surface area contributed by atoms with Gasteiger partial charge in [0, 0.05) is 12.2 Å². The summed E-state index contributed by atoms with van der Waals surface area (Å²) in [5, 5.41) is 0. The lowest BCUT2D eigenvalue weighted by Gasteiger charge is -2.23. The molecule has 4 nitrogen and oxygen atoms in total. The summed E-state index contributed by atoms with van der Waals surface area (Å²) in [4.78, 5) is 4.36. The lowest BCUT2D eigenvalue weighted by atomic mass is 10.1. The molecule has 0 saturated heterocycles. The molecule has 0 fully saturated rings. The monoisotopic (exact) mass is 286 g/mol. The summed E-state index contributed by atoms with van der Waals surface area (Å²) in [6.07, 6.45) is 2.39. The number of methoxy groups -OCH3 is 1. The van der Waals surface area contributed by atoms with Crippen molar-refractivity contribution in [1.29, 1.82) is 0 Å². The summed E-state index contributed by atoms with van der Waals surface area (Å²) in [7, 11) is 1.66. The molecule has 2 unspecified atom stereocenters. The van der Waals surface area contributed by atoms with Crippen LogP contribution in [-0.2, 0) is 11.3 Å². The molecule has 2 rings (SSSR count). The van der Waals surface area contributed by atoms with E-state index >= 15 is 0 Å². The highest BCUT2D eigenvalue weighted by molar-refractivity contribution is 5.28. The molecule has 2 atom stereocenters. The molecule has 0 amide bonds. The van der Waals surface area contributed by atoms with E-state index in [9.17, 15) is 0 Å². The second-order valence-corrected chi connectivity index (χ2v) is 4.91. The second kappa shape index (κ2) is 7.76. The van der Waals surface area contributed by atoms with E-state index < -0.39 is 0 Å². The Morgan fingerprint density at radius 1 is 1.19 bits per heavy atom. The van der Waals surface area contributed by atoms with Gasteiger partial charge in [-0.25, -0.2) is 0 Å². The summed E-state index contributed by atoms with van der Waals surface area (Å²) in [6, 6.07) is 13.6. The largest absolute Gasteiger partial charge is 0.497 e. The van der Waals surface area contributed by atoms with E-state index in [1.165, 1.54) is 0 Å². The van der Waals surface area contributed by atoms with Gasteiger partial charge in [-0.3, -0.25) is 4.98 Å². The first-order valence-electron chi connectivity index (χ1n) is 7.15. The molecule has 0 aliphatic carbocycles. The van der Waals surface area contributed by atoms with Crippen LogP contribution in [0, 0.1) is 0 Å². The highest BCUT2D eigenvalue weighted by atomic mass is 16.5. The van der Waals surface area contributed by atoms with E-state index in [1.54, 1.807) is 13.3 Å². The highest BCUT2D eigenvalue weighted by Gasteiger charge is 2.20. The molecule has 0 aliphatic heterocycles. The van der Waals surface area contributed by atoms with Gasteiger partial charge in [0.1, 0.15) is 11.9 Å². The number of benzene rings is 1. The van der Waals surface area contributed by atoms with Crippen LogP contribution >= 0.6 is 0 Å². The van der Waals surface area contributed by atoms with Crippen LogP contribution in [0.3, 0.4) is 0 Å². The average molecular weight is 286 g/mol. The number of pyridine rings is 1. The minimum absolute atomic E-state index is 0.0782. The fraction of sp³-hybridized carbons (Fsp3) is 0.353. The van der Waals surface area contributed by atoms with E-state index in [4.69, 9.17) is 15.2 Å². The van der Waals surface area contributed by atoms with E-state index in [1.807, 2.05) is 42.5 Å². The fourth-order valence-corrected chi connectivity index (χ4v) is 2.13. The summed E-state index contributed by atoms with van der Waals surface area (Å²) in [5.74, 6) is 0.824. The Morgan fingerprint density at radius 2 is 2.05 bits per heavy atom. The normalized spacial score (nSPS) is 13.7. The molecule has 112 valence electrons. The maximum absolute atomic E-state index is 6.18. The minimum atomic E-state index is -0.206. The summed E-state index contributed by atoms with van der Waals surface area (Å²) in [6.45, 7) is 2.53. The van der Waals surface area contributed by atoms with Crippen molar-refractivity contribution < 1.29 is 9.47 Å². The molecule has 0 aliphatic rings. The first kappa shape index (κ1) is 15.5. The maximum Gasteiger partial charge on any atom is 0.119 e. The highest BCUT2D eigenvalue weighted by Crippen LogP contribution is 2.22. The Labute approximate surface area is 125 Å². The number of aromatic nitrogens is 1. The number of hydrogen-bond donors (Lipinski definition) is 1. The van der Waals surface area contributed by atoms with Crippen LogP contribution in [0.4, 0.5) is 0 Å². The third-order valence-electron chi connectivity index (χ3n) is 3.40. The Morgan fingerprint density at radius 3 is 2.71 bits per heavy atom. The van der Waals surface area contributed by atoms with Crippen molar-refractivity contribution in [3.05, 3.63) is 59.9 Å². The van der Waals surface area contributed by atoms with Gasteiger partial charge in [0.15, 0.2) is 0 Å². The Bertz CT molecular complexity index is 545. The van der Waals surface area contributed by atoms with Crippen molar-refractivity contribution in [3.63, 3.8) is 0 Å². The van der Waals surface area contributed by atoms with Gasteiger partial charge in [-0.2, -0.15) is 0 Å². The number of nitrogens with zero attached hydrogens (tertiary/aromatic N) is 1. The summed E-state index contributed by atoms with van der Waals surface area (Å²) < 4.78 is 11.2. The molecule has 0 radical (unpaired) electrons. The molecule has 4 heteroatoms. The fourth-order valence-electron chi connectivity index (χ4n) is 2.13. The van der Waals surface area contributed by atoms with Gasteiger partial charge < -0.3 is 15.2 Å². The standard InChI is InChI=1S/C17H22N2O2/c1-3-15(18)17(16-9-4-5-10-19-16)21-12-13-7-6-8-14(11-13)20-2/h4-11,15,17H,3,12,18H2,1-2H3. The van der Waals surface area contributed by atoms with E-state index in [-0.39, 0.29) is 12.1 Å². The van der Waals surface area contributed by atoms with Gasteiger partial charge in [-0.05, 0) is 36.2 Å². The molecule has 2 N–H and O–H groups in total. The van der Waals surface area contributed by atoms with Crippen molar-refractivity contribution in [3.8, 4) is 5.75 Å². The van der Waals surface area contributed by atoms with Crippen LogP contribution in [0.5, 0.6) is 5.75 Å². The molecule has 1 aromatic carbocycles. The van der Waals surface area contributed by atoms with Gasteiger partial charge >= 0.3 is 0 Å². The van der Waals surface area contributed by atoms with Gasteiger partial charge in [0.2, 0.25) is 0 Å². The van der Waals surface area contributed by atoms with Gasteiger partial charge in [-0.1, -0.05) is 25.1 Å². The lowest BCUT2D eigenvalue weighted by molar-refractivity contribution is 0.0184. The number of ether oxygens (including phenoxy) is 2. The van der Waals surface area contributed by atoms with Crippen LogP contribution in [-0.4, -0.2) is 18.1 Å². The molecule has 1 aromatic heterocycles. The number of nitrogens with two attached hydrogens (primary N) is 1. The smallest absolute Gasteiger partial charge is 0.119 e. The number of rotatable bonds is 7. The van der Waals surface area contributed by atoms with E-state index in [2.05, 4.69) is 11.9 Å². The Kier molecular flexibility index (Phi) is 5.72. The Balaban J connectivity index is 2.09. The van der Waals surface area contributed by atoms with Crippen LogP contribution < -0.4 is 10.5 Å². The van der Waals surface area contributed by atoms with Gasteiger partial charge in [0.05, 0.1) is 19.4 Å². The summed E-state index contributed by atoms with van der Waals surface area (Å²) >= 11 is 0. The maximum atomic E-state index is 6.18. The molecule has 0 bridgehead atoms. The van der Waals surface area contributed by atoms with Gasteiger partial charge in [-0.15, -0.1) is 0 Å². The van der Waals surface area contributed by atoms with Crippen molar-refractivity contribution in [1.82, 2.24) is 4.98 Å². The van der Waals surface area contributed by atoms with Crippen molar-refractivity contribution in [2.24, 2.45) is 5.73 Å². The molecular formula is C17H22N2O2. The first-order chi connectivity index (χ1) is 10.2. The third-order valence-corrected chi connectivity index (χ3v) is 3.40. The molecule has 1 heterocycles. The molecule has 21 heavy (non-hydrogen) atoms. The van der Waals surface area contributed by atoms with Crippen molar-refractivity contribution >= 4 is 0 Å². The van der Waals surface area contributed by atoms with Crippen LogP contribution in [0.15, 0.2) is 48.7 Å².